The molecule has 18 heavy (non-hydrogen) atoms. The van der Waals surface area contributed by atoms with Gasteiger partial charge in [0, 0.05) is 17.2 Å². The van der Waals surface area contributed by atoms with E-state index in [4.69, 9.17) is 4.74 Å². The number of hydrogen-bond acceptors (Lipinski definition) is 5. The Labute approximate surface area is 104 Å². The first-order chi connectivity index (χ1) is 8.45. The van der Waals surface area contributed by atoms with Crippen LogP contribution in [0, 0.1) is 10.1 Å². The number of ether oxygens (including phenoxy) is 1. The third kappa shape index (κ3) is 3.31. The van der Waals surface area contributed by atoms with E-state index < -0.39 is 10.9 Å². The highest BCUT2D eigenvalue weighted by Gasteiger charge is 2.10. The summed E-state index contributed by atoms with van der Waals surface area (Å²) in [5.41, 5.74) is 0.422. The van der Waals surface area contributed by atoms with Crippen LogP contribution < -0.4 is 0 Å². The normalized spacial score (nSPS) is 11.1. The molecule has 6 heteroatoms. The zero-order valence-electron chi connectivity index (χ0n) is 10.0. The zero-order chi connectivity index (χ0) is 13.7. The van der Waals surface area contributed by atoms with Gasteiger partial charge in [-0.1, -0.05) is 0 Å². The van der Waals surface area contributed by atoms with Crippen molar-refractivity contribution >= 4 is 17.7 Å². The van der Waals surface area contributed by atoms with Crippen LogP contribution in [-0.4, -0.2) is 22.6 Å². The van der Waals surface area contributed by atoms with Gasteiger partial charge in [-0.05, 0) is 26.0 Å². The van der Waals surface area contributed by atoms with E-state index in [1.807, 2.05) is 0 Å². The number of phenols is 1. The molecular formula is C12H13NO5. The van der Waals surface area contributed by atoms with Crippen LogP contribution in [0.5, 0.6) is 5.75 Å². The van der Waals surface area contributed by atoms with Crippen LogP contribution in [0.2, 0.25) is 0 Å². The van der Waals surface area contributed by atoms with E-state index >= 15 is 0 Å². The first-order valence-corrected chi connectivity index (χ1v) is 5.28. The molecule has 0 radical (unpaired) electrons. The molecule has 0 aliphatic carbocycles. The van der Waals surface area contributed by atoms with Gasteiger partial charge in [-0.2, -0.15) is 0 Å². The van der Waals surface area contributed by atoms with Gasteiger partial charge in [-0.3, -0.25) is 10.1 Å². The summed E-state index contributed by atoms with van der Waals surface area (Å²) >= 11 is 0. The van der Waals surface area contributed by atoms with Crippen molar-refractivity contribution in [3.8, 4) is 5.75 Å². The molecule has 0 bridgehead atoms. The summed E-state index contributed by atoms with van der Waals surface area (Å²) in [5, 5.41) is 20.1. The van der Waals surface area contributed by atoms with Gasteiger partial charge >= 0.3 is 5.97 Å². The van der Waals surface area contributed by atoms with Gasteiger partial charge < -0.3 is 9.84 Å². The second-order valence-electron chi connectivity index (χ2n) is 3.55. The van der Waals surface area contributed by atoms with E-state index in [1.165, 1.54) is 18.2 Å². The number of nitrogens with zero attached hydrogens (tertiary/aromatic N) is 1. The average Bonchev–Trinajstić information content (AvgIpc) is 2.31. The van der Waals surface area contributed by atoms with Crippen molar-refractivity contribution < 1.29 is 19.6 Å². The number of hydrogen-bond donors (Lipinski definition) is 1. The number of phenolic OH excluding ortho intramolecular Hbond substituents is 1. The van der Waals surface area contributed by atoms with Crippen LogP contribution in [0.4, 0.5) is 5.69 Å². The molecular weight excluding hydrogens is 238 g/mol. The Bertz CT molecular complexity index is 507. The molecule has 0 spiro atoms. The van der Waals surface area contributed by atoms with Gasteiger partial charge in [0.05, 0.1) is 17.6 Å². The number of rotatable bonds is 4. The van der Waals surface area contributed by atoms with E-state index in [1.54, 1.807) is 13.8 Å². The molecule has 6 nitrogen and oxygen atoms in total. The summed E-state index contributed by atoms with van der Waals surface area (Å²) in [4.78, 5) is 21.2. The Kier molecular flexibility index (Phi) is 4.42. The fraction of sp³-hybridized carbons (Fsp3) is 0.250. The number of nitro groups is 1. The lowest BCUT2D eigenvalue weighted by atomic mass is 10.1. The van der Waals surface area contributed by atoms with E-state index in [0.717, 1.165) is 6.07 Å². The molecule has 0 aliphatic heterocycles. The molecule has 1 rings (SSSR count). The molecule has 0 aliphatic rings. The number of esters is 1. The van der Waals surface area contributed by atoms with E-state index in [2.05, 4.69) is 0 Å². The predicted molar refractivity (Wildman–Crippen MR) is 65.0 cm³/mol. The van der Waals surface area contributed by atoms with Crippen LogP contribution in [0.15, 0.2) is 23.8 Å². The highest BCUT2D eigenvalue weighted by molar-refractivity contribution is 5.93. The lowest BCUT2D eigenvalue weighted by Gasteiger charge is -2.03. The standard InChI is InChI=1S/C12H13NO5/c1-3-18-12(15)8(2)6-9-4-5-10(13(16)17)7-11(9)14/h4-7,14H,3H2,1-2H3. The van der Waals surface area contributed by atoms with Gasteiger partial charge in [0.2, 0.25) is 0 Å². The average molecular weight is 251 g/mol. The number of carbonyl (C=O) groups excluding carboxylic acids is 1. The lowest BCUT2D eigenvalue weighted by Crippen LogP contribution is -2.04. The number of carbonyl (C=O) groups is 1. The molecule has 0 saturated heterocycles. The third-order valence-electron chi connectivity index (χ3n) is 2.19. The molecule has 0 heterocycles. The Balaban J connectivity index is 3.01. The molecule has 1 aromatic carbocycles. The number of aromatic hydroxyl groups is 1. The van der Waals surface area contributed by atoms with Crippen LogP contribution in [0.1, 0.15) is 19.4 Å². The lowest BCUT2D eigenvalue weighted by molar-refractivity contribution is -0.384. The van der Waals surface area contributed by atoms with Gasteiger partial charge in [0.1, 0.15) is 5.75 Å². The van der Waals surface area contributed by atoms with Crippen molar-refractivity contribution in [2.75, 3.05) is 6.61 Å². The summed E-state index contributed by atoms with van der Waals surface area (Å²) < 4.78 is 4.78. The predicted octanol–water partition coefficient (Wildman–Crippen LogP) is 2.27. The van der Waals surface area contributed by atoms with Crippen molar-refractivity contribution in [2.45, 2.75) is 13.8 Å². The second kappa shape index (κ2) is 5.81. The van der Waals surface area contributed by atoms with E-state index in [0.29, 0.717) is 11.1 Å². The fourth-order valence-electron chi connectivity index (χ4n) is 1.30. The molecule has 1 aromatic rings. The van der Waals surface area contributed by atoms with Crippen LogP contribution >= 0.6 is 0 Å². The Morgan fingerprint density at radius 3 is 2.72 bits per heavy atom. The molecule has 96 valence electrons. The largest absolute Gasteiger partial charge is 0.507 e. The zero-order valence-corrected chi connectivity index (χ0v) is 10.0. The number of nitro benzene ring substituents is 1. The van der Waals surface area contributed by atoms with Crippen molar-refractivity contribution in [3.63, 3.8) is 0 Å². The summed E-state index contributed by atoms with van der Waals surface area (Å²) in [6.45, 7) is 3.49. The molecule has 0 atom stereocenters. The number of benzene rings is 1. The van der Waals surface area contributed by atoms with Crippen molar-refractivity contribution in [1.82, 2.24) is 0 Å². The molecule has 0 amide bonds. The first-order valence-electron chi connectivity index (χ1n) is 5.28. The maximum Gasteiger partial charge on any atom is 0.333 e. The molecule has 1 N–H and O–H groups in total. The second-order valence-corrected chi connectivity index (χ2v) is 3.55. The highest BCUT2D eigenvalue weighted by Crippen LogP contribution is 2.25. The van der Waals surface area contributed by atoms with Crippen molar-refractivity contribution in [2.24, 2.45) is 0 Å². The van der Waals surface area contributed by atoms with E-state index in [9.17, 15) is 20.0 Å². The van der Waals surface area contributed by atoms with Crippen LogP contribution in [-0.2, 0) is 9.53 Å². The summed E-state index contributed by atoms with van der Waals surface area (Å²) in [6.07, 6.45) is 1.41. The summed E-state index contributed by atoms with van der Waals surface area (Å²) in [5.74, 6) is -0.747. The monoisotopic (exact) mass is 251 g/mol. The Hall–Kier alpha value is -2.37. The van der Waals surface area contributed by atoms with Gasteiger partial charge in [0.15, 0.2) is 0 Å². The fourth-order valence-corrected chi connectivity index (χ4v) is 1.30. The molecule has 0 fully saturated rings. The minimum absolute atomic E-state index is 0.210. The maximum absolute atomic E-state index is 11.4. The van der Waals surface area contributed by atoms with Crippen LogP contribution in [0.3, 0.4) is 0 Å². The van der Waals surface area contributed by atoms with E-state index in [-0.39, 0.29) is 18.0 Å². The minimum Gasteiger partial charge on any atom is -0.507 e. The summed E-state index contributed by atoms with van der Waals surface area (Å²) in [7, 11) is 0. The number of non-ortho nitro benzene ring substituents is 1. The molecule has 0 aromatic heterocycles. The smallest absolute Gasteiger partial charge is 0.333 e. The quantitative estimate of drug-likeness (QED) is 0.383. The Morgan fingerprint density at radius 1 is 1.56 bits per heavy atom. The third-order valence-corrected chi connectivity index (χ3v) is 2.19. The van der Waals surface area contributed by atoms with Crippen molar-refractivity contribution in [3.05, 3.63) is 39.4 Å². The van der Waals surface area contributed by atoms with Gasteiger partial charge in [0.25, 0.3) is 5.69 Å². The molecule has 0 saturated carbocycles. The summed E-state index contributed by atoms with van der Waals surface area (Å²) in [6, 6.07) is 3.66. The SMILES string of the molecule is CCOC(=O)C(C)=Cc1ccc([N+](=O)[O-])cc1O. The van der Waals surface area contributed by atoms with Gasteiger partial charge in [-0.15, -0.1) is 0 Å². The first kappa shape index (κ1) is 13.7. The molecule has 0 unspecified atom stereocenters. The van der Waals surface area contributed by atoms with Crippen molar-refractivity contribution in [1.29, 1.82) is 0 Å². The Morgan fingerprint density at radius 2 is 2.22 bits per heavy atom. The topological polar surface area (TPSA) is 89.7 Å². The maximum atomic E-state index is 11.4. The van der Waals surface area contributed by atoms with Gasteiger partial charge in [-0.25, -0.2) is 4.79 Å². The minimum atomic E-state index is -0.606. The highest BCUT2D eigenvalue weighted by atomic mass is 16.6. The van der Waals surface area contributed by atoms with Crippen LogP contribution in [0.25, 0.3) is 6.08 Å².